The van der Waals surface area contributed by atoms with Gasteiger partial charge < -0.3 is 4.90 Å². The van der Waals surface area contributed by atoms with E-state index in [2.05, 4.69) is 11.0 Å². The Hall–Kier alpha value is -0.630. The third-order valence-corrected chi connectivity index (χ3v) is 1.72. The fourth-order valence-corrected chi connectivity index (χ4v) is 0.934. The summed E-state index contributed by atoms with van der Waals surface area (Å²) in [5.74, 6) is 0. The maximum absolute atomic E-state index is 8.44. The summed E-state index contributed by atoms with van der Waals surface area (Å²) in [5, 5.41) is 10.2. The van der Waals surface area contributed by atoms with E-state index in [1.54, 1.807) is 5.06 Å². The van der Waals surface area contributed by atoms with Gasteiger partial charge in [-0.3, -0.25) is 4.84 Å². The minimum atomic E-state index is 0.0179. The maximum Gasteiger partial charge on any atom is 0.137 e. The smallest absolute Gasteiger partial charge is 0.137 e. The van der Waals surface area contributed by atoms with Crippen molar-refractivity contribution in [3.63, 3.8) is 0 Å². The molecule has 1 fully saturated rings. The molecule has 1 saturated heterocycles. The van der Waals surface area contributed by atoms with Gasteiger partial charge >= 0.3 is 0 Å². The van der Waals surface area contributed by atoms with E-state index in [0.717, 1.165) is 26.1 Å². The molecule has 0 aromatic carbocycles. The standard InChI is InChI=1S/C8H15N3O/c1-10(2)4-3-5-12-11-7-8(11)6-9/h8H,3-5,7H2,1-2H3. The van der Waals surface area contributed by atoms with Crippen LogP contribution in [-0.4, -0.2) is 49.8 Å². The molecule has 0 bridgehead atoms. The van der Waals surface area contributed by atoms with Gasteiger partial charge in [0.05, 0.1) is 19.2 Å². The summed E-state index contributed by atoms with van der Waals surface area (Å²) in [7, 11) is 4.07. The van der Waals surface area contributed by atoms with Crippen LogP contribution in [0.3, 0.4) is 0 Å². The lowest BCUT2D eigenvalue weighted by atomic mass is 10.4. The molecule has 12 heavy (non-hydrogen) atoms. The zero-order valence-electron chi connectivity index (χ0n) is 7.66. The largest absolute Gasteiger partial charge is 0.309 e. The molecule has 0 amide bonds. The first-order chi connectivity index (χ1) is 5.74. The molecule has 0 aromatic rings. The average Bonchev–Trinajstić information content (AvgIpc) is 2.76. The maximum atomic E-state index is 8.44. The zero-order chi connectivity index (χ0) is 8.97. The molecule has 4 nitrogen and oxygen atoms in total. The van der Waals surface area contributed by atoms with Crippen LogP contribution in [0.1, 0.15) is 6.42 Å². The van der Waals surface area contributed by atoms with Crippen LogP contribution in [0.2, 0.25) is 0 Å². The predicted molar refractivity (Wildman–Crippen MR) is 45.2 cm³/mol. The first-order valence-corrected chi connectivity index (χ1v) is 4.18. The molecule has 0 spiro atoms. The zero-order valence-corrected chi connectivity index (χ0v) is 7.66. The van der Waals surface area contributed by atoms with Crippen LogP contribution in [0.25, 0.3) is 0 Å². The minimum absolute atomic E-state index is 0.0179. The number of nitrogens with zero attached hydrogens (tertiary/aromatic N) is 3. The first-order valence-electron chi connectivity index (χ1n) is 4.18. The second-order valence-electron chi connectivity index (χ2n) is 3.23. The highest BCUT2D eigenvalue weighted by atomic mass is 16.7. The Balaban J connectivity index is 1.88. The van der Waals surface area contributed by atoms with Crippen LogP contribution < -0.4 is 0 Å². The van der Waals surface area contributed by atoms with Crippen LogP contribution in [0.15, 0.2) is 0 Å². The summed E-state index contributed by atoms with van der Waals surface area (Å²) in [6.45, 7) is 2.53. The monoisotopic (exact) mass is 169 g/mol. The van der Waals surface area contributed by atoms with Crippen LogP contribution >= 0.6 is 0 Å². The van der Waals surface area contributed by atoms with Gasteiger partial charge in [0.1, 0.15) is 6.04 Å². The van der Waals surface area contributed by atoms with E-state index in [1.807, 2.05) is 14.1 Å². The summed E-state index contributed by atoms with van der Waals surface area (Å²) in [5.41, 5.74) is 0. The van der Waals surface area contributed by atoms with Crippen molar-refractivity contribution in [3.05, 3.63) is 0 Å². The molecular formula is C8H15N3O. The van der Waals surface area contributed by atoms with Gasteiger partial charge in [-0.05, 0) is 27.1 Å². The lowest BCUT2D eigenvalue weighted by Crippen LogP contribution is -2.16. The Kier molecular flexibility index (Phi) is 3.48. The van der Waals surface area contributed by atoms with Crippen molar-refractivity contribution < 1.29 is 4.84 Å². The first kappa shape index (κ1) is 9.46. The number of nitriles is 1. The highest BCUT2D eigenvalue weighted by Gasteiger charge is 2.35. The molecule has 1 aliphatic heterocycles. The summed E-state index contributed by atoms with van der Waals surface area (Å²) in [6, 6.07) is 2.15. The molecule has 0 aliphatic carbocycles. The van der Waals surface area contributed by atoms with Crippen LogP contribution in [0.4, 0.5) is 0 Å². The van der Waals surface area contributed by atoms with Crippen molar-refractivity contribution >= 4 is 0 Å². The van der Waals surface area contributed by atoms with E-state index in [9.17, 15) is 0 Å². The SMILES string of the molecule is CN(C)CCCON1CC1C#N. The number of hydroxylamine groups is 2. The molecule has 0 aromatic heterocycles. The van der Waals surface area contributed by atoms with Crippen LogP contribution in [-0.2, 0) is 4.84 Å². The Morgan fingerprint density at radius 3 is 2.92 bits per heavy atom. The van der Waals surface area contributed by atoms with Gasteiger partial charge in [0.25, 0.3) is 0 Å². The Bertz CT molecular complexity index is 176. The molecule has 1 heterocycles. The second-order valence-corrected chi connectivity index (χ2v) is 3.23. The summed E-state index contributed by atoms with van der Waals surface area (Å²) in [4.78, 5) is 7.41. The highest BCUT2D eigenvalue weighted by Crippen LogP contribution is 2.15. The lowest BCUT2D eigenvalue weighted by Gasteiger charge is -2.08. The molecule has 1 rings (SSSR count). The molecule has 0 N–H and O–H groups in total. The molecular weight excluding hydrogens is 154 g/mol. The van der Waals surface area contributed by atoms with E-state index in [1.165, 1.54) is 0 Å². The minimum Gasteiger partial charge on any atom is -0.309 e. The lowest BCUT2D eigenvalue weighted by molar-refractivity contribution is -0.0723. The van der Waals surface area contributed by atoms with Crippen LogP contribution in [0.5, 0.6) is 0 Å². The van der Waals surface area contributed by atoms with Crippen molar-refractivity contribution in [1.29, 1.82) is 5.26 Å². The van der Waals surface area contributed by atoms with E-state index < -0.39 is 0 Å². The van der Waals surface area contributed by atoms with Gasteiger partial charge in [0, 0.05) is 0 Å². The third-order valence-electron chi connectivity index (χ3n) is 1.72. The van der Waals surface area contributed by atoms with Crippen molar-refractivity contribution in [2.24, 2.45) is 0 Å². The molecule has 68 valence electrons. The van der Waals surface area contributed by atoms with Crippen molar-refractivity contribution in [3.8, 4) is 6.07 Å². The fourth-order valence-electron chi connectivity index (χ4n) is 0.934. The molecule has 2 atom stereocenters. The van der Waals surface area contributed by atoms with E-state index in [-0.39, 0.29) is 6.04 Å². The molecule has 0 saturated carbocycles. The Morgan fingerprint density at radius 2 is 2.42 bits per heavy atom. The van der Waals surface area contributed by atoms with E-state index in [0.29, 0.717) is 0 Å². The van der Waals surface area contributed by atoms with Gasteiger partial charge in [-0.15, -0.1) is 0 Å². The molecule has 2 unspecified atom stereocenters. The quantitative estimate of drug-likeness (QED) is 0.431. The summed E-state index contributed by atoms with van der Waals surface area (Å²) in [6.07, 6.45) is 1.02. The summed E-state index contributed by atoms with van der Waals surface area (Å²) >= 11 is 0. The van der Waals surface area contributed by atoms with E-state index >= 15 is 0 Å². The van der Waals surface area contributed by atoms with Gasteiger partial charge in [-0.25, -0.2) is 0 Å². The van der Waals surface area contributed by atoms with Crippen molar-refractivity contribution in [2.75, 3.05) is 33.8 Å². The van der Waals surface area contributed by atoms with Gasteiger partial charge in [0.15, 0.2) is 0 Å². The van der Waals surface area contributed by atoms with E-state index in [4.69, 9.17) is 10.1 Å². The van der Waals surface area contributed by atoms with Gasteiger partial charge in [0.2, 0.25) is 0 Å². The van der Waals surface area contributed by atoms with Crippen LogP contribution in [0, 0.1) is 11.3 Å². The number of hydrogen-bond acceptors (Lipinski definition) is 4. The molecule has 0 radical (unpaired) electrons. The average molecular weight is 169 g/mol. The predicted octanol–water partition coefficient (Wildman–Crippen LogP) is 0.0775. The molecule has 1 aliphatic rings. The fraction of sp³-hybridized carbons (Fsp3) is 0.875. The van der Waals surface area contributed by atoms with Crippen molar-refractivity contribution in [1.82, 2.24) is 9.96 Å². The topological polar surface area (TPSA) is 39.3 Å². The number of hydrogen-bond donors (Lipinski definition) is 0. The van der Waals surface area contributed by atoms with Gasteiger partial charge in [-0.1, -0.05) is 0 Å². The second kappa shape index (κ2) is 4.41. The van der Waals surface area contributed by atoms with Gasteiger partial charge in [-0.2, -0.15) is 10.3 Å². The Labute approximate surface area is 73.3 Å². The third kappa shape index (κ3) is 3.18. The normalized spacial score (nSPS) is 27.2. The number of rotatable bonds is 5. The van der Waals surface area contributed by atoms with Crippen molar-refractivity contribution in [2.45, 2.75) is 12.5 Å². The summed E-state index contributed by atoms with van der Waals surface area (Å²) < 4.78 is 0. The highest BCUT2D eigenvalue weighted by molar-refractivity contribution is 5.01. The Morgan fingerprint density at radius 1 is 1.67 bits per heavy atom. The molecule has 4 heteroatoms.